The standard InChI is InChI=1S/C24H50NO3P/c1-6-8-9-10-11-12-13-14-15-16-17-18-19-20-21-22-23-28-29(26,27)24(7-2)25(3,4)5/h17-18,24H,6-16,19-23H2,1-5H3/p+1/b18-17-. The SMILES string of the molecule is CCCCCCCCCCC/C=C\CCCCCOP(=O)(O)C(CC)[N+](C)(C)C. The Morgan fingerprint density at radius 1 is 0.793 bits per heavy atom. The molecular formula is C24H51NO3P+. The van der Waals surface area contributed by atoms with E-state index in [1.54, 1.807) is 0 Å². The third-order valence-corrected chi connectivity index (χ3v) is 7.93. The van der Waals surface area contributed by atoms with Gasteiger partial charge < -0.3 is 13.9 Å². The van der Waals surface area contributed by atoms with Crippen molar-refractivity contribution in [3.05, 3.63) is 12.2 Å². The maximum absolute atomic E-state index is 12.5. The normalized spacial score (nSPS) is 15.7. The van der Waals surface area contributed by atoms with Crippen molar-refractivity contribution in [2.24, 2.45) is 0 Å². The third kappa shape index (κ3) is 16.2. The Hall–Kier alpha value is -0.150. The van der Waals surface area contributed by atoms with Crippen molar-refractivity contribution in [2.75, 3.05) is 27.7 Å². The molecule has 0 aromatic rings. The van der Waals surface area contributed by atoms with Crippen molar-refractivity contribution >= 4 is 7.60 Å². The van der Waals surface area contributed by atoms with Gasteiger partial charge in [-0.2, -0.15) is 0 Å². The molecule has 29 heavy (non-hydrogen) atoms. The second-order valence-corrected chi connectivity index (χ2v) is 11.3. The monoisotopic (exact) mass is 432 g/mol. The molecule has 174 valence electrons. The summed E-state index contributed by atoms with van der Waals surface area (Å²) in [6.07, 6.45) is 23.1. The van der Waals surface area contributed by atoms with E-state index in [1.807, 2.05) is 28.1 Å². The lowest BCUT2D eigenvalue weighted by atomic mass is 10.1. The molecular weight excluding hydrogens is 381 g/mol. The molecule has 0 aliphatic carbocycles. The van der Waals surface area contributed by atoms with Crippen LogP contribution in [0.4, 0.5) is 0 Å². The summed E-state index contributed by atoms with van der Waals surface area (Å²) in [5.41, 5.74) is 0. The van der Waals surface area contributed by atoms with Crippen LogP contribution in [0, 0.1) is 0 Å². The van der Waals surface area contributed by atoms with Crippen LogP contribution >= 0.6 is 7.60 Å². The summed E-state index contributed by atoms with van der Waals surface area (Å²) in [5, 5.41) is 0. The van der Waals surface area contributed by atoms with E-state index in [0.29, 0.717) is 17.5 Å². The van der Waals surface area contributed by atoms with E-state index in [0.717, 1.165) is 25.7 Å². The van der Waals surface area contributed by atoms with E-state index in [4.69, 9.17) is 4.52 Å². The molecule has 2 atom stereocenters. The zero-order valence-electron chi connectivity index (χ0n) is 20.2. The predicted octanol–water partition coefficient (Wildman–Crippen LogP) is 7.67. The second-order valence-electron chi connectivity index (χ2n) is 9.34. The van der Waals surface area contributed by atoms with Crippen molar-refractivity contribution in [1.29, 1.82) is 0 Å². The first-order chi connectivity index (χ1) is 13.8. The minimum atomic E-state index is -3.56. The highest BCUT2D eigenvalue weighted by Crippen LogP contribution is 2.51. The van der Waals surface area contributed by atoms with E-state index in [9.17, 15) is 9.46 Å². The fourth-order valence-electron chi connectivity index (χ4n) is 3.85. The minimum Gasteiger partial charge on any atom is -0.320 e. The summed E-state index contributed by atoms with van der Waals surface area (Å²) in [4.78, 5) is 10.2. The number of unbranched alkanes of at least 4 members (excludes halogenated alkanes) is 12. The molecule has 0 rings (SSSR count). The Morgan fingerprint density at radius 2 is 1.24 bits per heavy atom. The Labute approximate surface area is 182 Å². The van der Waals surface area contributed by atoms with Gasteiger partial charge in [-0.15, -0.1) is 0 Å². The average molecular weight is 433 g/mol. The van der Waals surface area contributed by atoms with Gasteiger partial charge in [-0.3, -0.25) is 4.57 Å². The fraction of sp³-hybridized carbons (Fsp3) is 0.917. The first kappa shape index (κ1) is 28.9. The van der Waals surface area contributed by atoms with Gasteiger partial charge in [0.1, 0.15) is 0 Å². The maximum Gasteiger partial charge on any atom is 0.385 e. The van der Waals surface area contributed by atoms with E-state index in [1.165, 1.54) is 64.2 Å². The lowest BCUT2D eigenvalue weighted by molar-refractivity contribution is -0.883. The van der Waals surface area contributed by atoms with Crippen molar-refractivity contribution < 1.29 is 18.5 Å². The molecule has 0 fully saturated rings. The number of nitrogens with zero attached hydrogens (tertiary/aromatic N) is 1. The molecule has 2 unspecified atom stereocenters. The zero-order chi connectivity index (χ0) is 22.0. The molecule has 5 heteroatoms. The van der Waals surface area contributed by atoms with Gasteiger partial charge in [-0.05, 0) is 32.1 Å². The van der Waals surface area contributed by atoms with Gasteiger partial charge in [0.05, 0.1) is 27.7 Å². The largest absolute Gasteiger partial charge is 0.385 e. The Balaban J connectivity index is 3.55. The summed E-state index contributed by atoms with van der Waals surface area (Å²) < 4.78 is 18.3. The smallest absolute Gasteiger partial charge is 0.320 e. The Kier molecular flexibility index (Phi) is 17.4. The average Bonchev–Trinajstić information content (AvgIpc) is 2.63. The van der Waals surface area contributed by atoms with Crippen LogP contribution in [0.5, 0.6) is 0 Å². The second kappa shape index (κ2) is 17.5. The summed E-state index contributed by atoms with van der Waals surface area (Å²) in [7, 11) is 2.28. The topological polar surface area (TPSA) is 46.5 Å². The molecule has 0 aromatic carbocycles. The number of quaternary nitrogens is 1. The van der Waals surface area contributed by atoms with Crippen molar-refractivity contribution in [1.82, 2.24) is 0 Å². The lowest BCUT2D eigenvalue weighted by Gasteiger charge is -2.35. The summed E-state index contributed by atoms with van der Waals surface area (Å²) >= 11 is 0. The molecule has 4 nitrogen and oxygen atoms in total. The van der Waals surface area contributed by atoms with Crippen LogP contribution in [-0.2, 0) is 9.09 Å². The quantitative estimate of drug-likeness (QED) is 0.0929. The highest BCUT2D eigenvalue weighted by atomic mass is 31.2. The van der Waals surface area contributed by atoms with Gasteiger partial charge in [0.15, 0.2) is 5.78 Å². The van der Waals surface area contributed by atoms with E-state index in [2.05, 4.69) is 19.1 Å². The summed E-state index contributed by atoms with van der Waals surface area (Å²) in [5.74, 6) is -0.355. The summed E-state index contributed by atoms with van der Waals surface area (Å²) in [6, 6.07) is 0. The van der Waals surface area contributed by atoms with Gasteiger partial charge >= 0.3 is 7.60 Å². The van der Waals surface area contributed by atoms with E-state index >= 15 is 0 Å². The molecule has 1 N–H and O–H groups in total. The van der Waals surface area contributed by atoms with Crippen molar-refractivity contribution in [2.45, 2.75) is 116 Å². The first-order valence-electron chi connectivity index (χ1n) is 12.2. The molecule has 0 aliphatic heterocycles. The molecule has 0 heterocycles. The lowest BCUT2D eigenvalue weighted by Crippen LogP contribution is -2.44. The van der Waals surface area contributed by atoms with Crippen LogP contribution in [-0.4, -0.2) is 42.9 Å². The van der Waals surface area contributed by atoms with Crippen molar-refractivity contribution in [3.8, 4) is 0 Å². The highest BCUT2D eigenvalue weighted by molar-refractivity contribution is 7.53. The number of allylic oxidation sites excluding steroid dienone is 2. The van der Waals surface area contributed by atoms with Crippen LogP contribution in [0.2, 0.25) is 0 Å². The van der Waals surface area contributed by atoms with Crippen LogP contribution in [0.15, 0.2) is 12.2 Å². The number of hydrogen-bond acceptors (Lipinski definition) is 2. The predicted molar refractivity (Wildman–Crippen MR) is 127 cm³/mol. The molecule has 0 aromatic heterocycles. The number of hydrogen-bond donors (Lipinski definition) is 1. The van der Waals surface area contributed by atoms with Crippen LogP contribution in [0.1, 0.15) is 110 Å². The van der Waals surface area contributed by atoms with Crippen molar-refractivity contribution in [3.63, 3.8) is 0 Å². The van der Waals surface area contributed by atoms with E-state index in [-0.39, 0.29) is 5.78 Å². The Morgan fingerprint density at radius 3 is 1.69 bits per heavy atom. The van der Waals surface area contributed by atoms with Gasteiger partial charge in [0.2, 0.25) is 0 Å². The Bertz CT molecular complexity index is 446. The third-order valence-electron chi connectivity index (χ3n) is 5.57. The molecule has 0 saturated heterocycles. The van der Waals surface area contributed by atoms with Gasteiger partial charge in [0.25, 0.3) is 0 Å². The maximum atomic E-state index is 12.5. The molecule has 0 radical (unpaired) electrons. The molecule has 0 aliphatic rings. The van der Waals surface area contributed by atoms with Crippen LogP contribution < -0.4 is 0 Å². The molecule has 0 spiro atoms. The highest BCUT2D eigenvalue weighted by Gasteiger charge is 2.41. The summed E-state index contributed by atoms with van der Waals surface area (Å²) in [6.45, 7) is 4.60. The van der Waals surface area contributed by atoms with Crippen LogP contribution in [0.3, 0.4) is 0 Å². The van der Waals surface area contributed by atoms with Gasteiger partial charge in [-0.1, -0.05) is 83.8 Å². The first-order valence-corrected chi connectivity index (χ1v) is 13.8. The van der Waals surface area contributed by atoms with Gasteiger partial charge in [0, 0.05) is 6.42 Å². The molecule has 0 bridgehead atoms. The van der Waals surface area contributed by atoms with Crippen LogP contribution in [0.25, 0.3) is 0 Å². The minimum absolute atomic E-state index is 0.355. The molecule has 0 saturated carbocycles. The number of rotatable bonds is 20. The zero-order valence-corrected chi connectivity index (χ0v) is 21.1. The van der Waals surface area contributed by atoms with E-state index < -0.39 is 7.60 Å². The van der Waals surface area contributed by atoms with Gasteiger partial charge in [-0.25, -0.2) is 0 Å². The fourth-order valence-corrected chi connectivity index (χ4v) is 5.75. The molecule has 0 amide bonds.